The summed E-state index contributed by atoms with van der Waals surface area (Å²) in [6, 6.07) is 0.837. The Morgan fingerprint density at radius 1 is 1.00 bits per heavy atom. The molecule has 0 aromatic heterocycles. The molecule has 2 atom stereocenters. The van der Waals surface area contributed by atoms with Crippen LogP contribution < -0.4 is 5.32 Å². The van der Waals surface area contributed by atoms with Gasteiger partial charge in [0.25, 0.3) is 0 Å². The van der Waals surface area contributed by atoms with Crippen molar-refractivity contribution in [1.29, 1.82) is 0 Å². The third-order valence-corrected chi connectivity index (χ3v) is 4.33. The van der Waals surface area contributed by atoms with Crippen LogP contribution in [-0.4, -0.2) is 12.6 Å². The molecule has 0 heterocycles. The molecule has 1 heteroatoms. The first-order valence-corrected chi connectivity index (χ1v) is 8.05. The largest absolute Gasteiger partial charge is 0.314 e. The normalized spacial score (nSPS) is 19.2. The van der Waals surface area contributed by atoms with Crippen molar-refractivity contribution >= 4 is 0 Å². The zero-order chi connectivity index (χ0) is 12.5. The standard InChI is InChI=1S/C16H33N/c1-4-7-9-14(5-2)10-8-11-16(17-6-3)15-12-13-15/h14-17H,4-13H2,1-3H3. The van der Waals surface area contributed by atoms with Crippen LogP contribution in [0.15, 0.2) is 0 Å². The van der Waals surface area contributed by atoms with E-state index in [2.05, 4.69) is 26.1 Å². The molecule has 1 rings (SSSR count). The fourth-order valence-corrected chi connectivity index (χ4v) is 2.94. The Labute approximate surface area is 109 Å². The lowest BCUT2D eigenvalue weighted by Gasteiger charge is -2.19. The second kappa shape index (κ2) is 8.97. The first-order chi connectivity index (χ1) is 8.31. The molecule has 102 valence electrons. The molecule has 0 spiro atoms. The SMILES string of the molecule is CCCCC(CC)CCCC(NCC)C1CC1. The molecule has 2 unspecified atom stereocenters. The van der Waals surface area contributed by atoms with Gasteiger partial charge in [-0.2, -0.15) is 0 Å². The Bertz CT molecular complexity index is 174. The van der Waals surface area contributed by atoms with Crippen molar-refractivity contribution < 1.29 is 0 Å². The van der Waals surface area contributed by atoms with Crippen molar-refractivity contribution in [2.75, 3.05) is 6.54 Å². The molecule has 0 bridgehead atoms. The van der Waals surface area contributed by atoms with Crippen molar-refractivity contribution in [3.05, 3.63) is 0 Å². The van der Waals surface area contributed by atoms with E-state index in [9.17, 15) is 0 Å². The first-order valence-electron chi connectivity index (χ1n) is 8.05. The quantitative estimate of drug-likeness (QED) is 0.548. The average Bonchev–Trinajstić information content (AvgIpc) is 3.16. The third-order valence-electron chi connectivity index (χ3n) is 4.33. The van der Waals surface area contributed by atoms with Crippen LogP contribution in [0.5, 0.6) is 0 Å². The van der Waals surface area contributed by atoms with Crippen molar-refractivity contribution in [3.63, 3.8) is 0 Å². The van der Waals surface area contributed by atoms with Crippen molar-refractivity contribution in [3.8, 4) is 0 Å². The highest BCUT2D eigenvalue weighted by Gasteiger charge is 2.29. The fourth-order valence-electron chi connectivity index (χ4n) is 2.94. The summed E-state index contributed by atoms with van der Waals surface area (Å²) < 4.78 is 0. The lowest BCUT2D eigenvalue weighted by Crippen LogP contribution is -2.30. The zero-order valence-corrected chi connectivity index (χ0v) is 12.3. The van der Waals surface area contributed by atoms with Gasteiger partial charge < -0.3 is 5.32 Å². The Balaban J connectivity index is 2.10. The predicted octanol–water partition coefficient (Wildman–Crippen LogP) is 4.76. The molecule has 0 amide bonds. The van der Waals surface area contributed by atoms with E-state index in [4.69, 9.17) is 0 Å². The Morgan fingerprint density at radius 2 is 1.71 bits per heavy atom. The minimum Gasteiger partial charge on any atom is -0.314 e. The lowest BCUT2D eigenvalue weighted by atomic mass is 9.92. The van der Waals surface area contributed by atoms with Gasteiger partial charge in [0.15, 0.2) is 0 Å². The summed E-state index contributed by atoms with van der Waals surface area (Å²) in [7, 11) is 0. The minimum absolute atomic E-state index is 0.837. The maximum atomic E-state index is 3.68. The molecule has 0 aromatic carbocycles. The van der Waals surface area contributed by atoms with Gasteiger partial charge in [0, 0.05) is 6.04 Å². The zero-order valence-electron chi connectivity index (χ0n) is 12.3. The Kier molecular flexibility index (Phi) is 7.92. The van der Waals surface area contributed by atoms with Gasteiger partial charge in [0.2, 0.25) is 0 Å². The molecular weight excluding hydrogens is 206 g/mol. The number of unbranched alkanes of at least 4 members (excludes halogenated alkanes) is 1. The smallest absolute Gasteiger partial charge is 0.00952 e. The molecule has 0 aliphatic heterocycles. The van der Waals surface area contributed by atoms with Gasteiger partial charge in [-0.05, 0) is 37.6 Å². The van der Waals surface area contributed by atoms with E-state index in [1.54, 1.807) is 0 Å². The molecule has 1 N–H and O–H groups in total. The first kappa shape index (κ1) is 15.0. The van der Waals surface area contributed by atoms with E-state index in [0.717, 1.165) is 24.4 Å². The summed E-state index contributed by atoms with van der Waals surface area (Å²) in [6.07, 6.45) is 12.9. The molecule has 0 radical (unpaired) electrons. The molecule has 17 heavy (non-hydrogen) atoms. The summed E-state index contributed by atoms with van der Waals surface area (Å²) in [5.74, 6) is 2.02. The minimum atomic E-state index is 0.837. The summed E-state index contributed by atoms with van der Waals surface area (Å²) in [5.41, 5.74) is 0. The predicted molar refractivity (Wildman–Crippen MR) is 77.3 cm³/mol. The molecule has 1 fully saturated rings. The second-order valence-electron chi connectivity index (χ2n) is 5.85. The van der Waals surface area contributed by atoms with Gasteiger partial charge in [0.05, 0.1) is 0 Å². The molecule has 1 aliphatic rings. The van der Waals surface area contributed by atoms with Crippen LogP contribution in [-0.2, 0) is 0 Å². The molecule has 1 aliphatic carbocycles. The van der Waals surface area contributed by atoms with E-state index in [-0.39, 0.29) is 0 Å². The third kappa shape index (κ3) is 6.45. The number of rotatable bonds is 11. The molecule has 1 nitrogen and oxygen atoms in total. The molecular formula is C16H33N. The van der Waals surface area contributed by atoms with Gasteiger partial charge in [0.1, 0.15) is 0 Å². The van der Waals surface area contributed by atoms with Crippen LogP contribution in [0, 0.1) is 11.8 Å². The highest BCUT2D eigenvalue weighted by atomic mass is 14.9. The molecule has 0 saturated heterocycles. The fraction of sp³-hybridized carbons (Fsp3) is 1.00. The maximum Gasteiger partial charge on any atom is 0.00952 e. The summed E-state index contributed by atoms with van der Waals surface area (Å²) in [5, 5.41) is 3.68. The van der Waals surface area contributed by atoms with E-state index < -0.39 is 0 Å². The van der Waals surface area contributed by atoms with Gasteiger partial charge in [-0.3, -0.25) is 0 Å². The number of hydrogen-bond acceptors (Lipinski definition) is 1. The molecule has 0 aromatic rings. The van der Waals surface area contributed by atoms with Crippen LogP contribution in [0.1, 0.15) is 78.6 Å². The van der Waals surface area contributed by atoms with Crippen molar-refractivity contribution in [2.45, 2.75) is 84.6 Å². The van der Waals surface area contributed by atoms with Crippen LogP contribution in [0.4, 0.5) is 0 Å². The Hall–Kier alpha value is -0.0400. The summed E-state index contributed by atoms with van der Waals surface area (Å²) >= 11 is 0. The van der Waals surface area contributed by atoms with Gasteiger partial charge in [-0.25, -0.2) is 0 Å². The highest BCUT2D eigenvalue weighted by molar-refractivity contribution is 4.86. The maximum absolute atomic E-state index is 3.68. The number of hydrogen-bond donors (Lipinski definition) is 1. The van der Waals surface area contributed by atoms with Gasteiger partial charge in [-0.1, -0.05) is 59.3 Å². The molecule has 1 saturated carbocycles. The second-order valence-corrected chi connectivity index (χ2v) is 5.85. The lowest BCUT2D eigenvalue weighted by molar-refractivity contribution is 0.368. The monoisotopic (exact) mass is 239 g/mol. The summed E-state index contributed by atoms with van der Waals surface area (Å²) in [6.45, 7) is 8.06. The number of nitrogens with one attached hydrogen (secondary N) is 1. The van der Waals surface area contributed by atoms with Crippen LogP contribution in [0.25, 0.3) is 0 Å². The van der Waals surface area contributed by atoms with Gasteiger partial charge >= 0.3 is 0 Å². The van der Waals surface area contributed by atoms with E-state index in [1.165, 1.54) is 57.8 Å². The summed E-state index contributed by atoms with van der Waals surface area (Å²) in [4.78, 5) is 0. The average molecular weight is 239 g/mol. The van der Waals surface area contributed by atoms with Gasteiger partial charge in [-0.15, -0.1) is 0 Å². The van der Waals surface area contributed by atoms with Crippen molar-refractivity contribution in [2.24, 2.45) is 11.8 Å². The van der Waals surface area contributed by atoms with E-state index in [1.807, 2.05) is 0 Å². The topological polar surface area (TPSA) is 12.0 Å². The van der Waals surface area contributed by atoms with Crippen LogP contribution in [0.2, 0.25) is 0 Å². The van der Waals surface area contributed by atoms with Crippen LogP contribution >= 0.6 is 0 Å². The highest BCUT2D eigenvalue weighted by Crippen LogP contribution is 2.35. The van der Waals surface area contributed by atoms with Crippen molar-refractivity contribution in [1.82, 2.24) is 5.32 Å². The van der Waals surface area contributed by atoms with E-state index >= 15 is 0 Å². The van der Waals surface area contributed by atoms with E-state index in [0.29, 0.717) is 0 Å². The van der Waals surface area contributed by atoms with Crippen LogP contribution in [0.3, 0.4) is 0 Å². The Morgan fingerprint density at radius 3 is 2.24 bits per heavy atom.